The van der Waals surface area contributed by atoms with Gasteiger partial charge in [0.1, 0.15) is 47.2 Å². The van der Waals surface area contributed by atoms with Crippen LogP contribution in [0.4, 0.5) is 0 Å². The molecule has 12 heteroatoms. The van der Waals surface area contributed by atoms with Gasteiger partial charge in [-0.1, -0.05) is 6.07 Å². The number of phenolic OH excluding ortho intramolecular Hbond substituents is 3. The molecule has 1 saturated heterocycles. The van der Waals surface area contributed by atoms with E-state index in [9.17, 15) is 45.6 Å². The highest BCUT2D eigenvalue weighted by Gasteiger charge is 2.45. The van der Waals surface area contributed by atoms with Crippen LogP contribution in [0.15, 0.2) is 30.3 Å². The lowest BCUT2D eigenvalue weighted by Gasteiger charge is -2.39. The lowest BCUT2D eigenvalue weighted by molar-refractivity contribution is -0.277. The minimum absolute atomic E-state index is 0.140. The van der Waals surface area contributed by atoms with Crippen LogP contribution in [0.25, 0.3) is 0 Å². The number of carbonyl (C=O) groups is 1. The maximum Gasteiger partial charge on any atom is 0.229 e. The summed E-state index contributed by atoms with van der Waals surface area (Å²) in [6.45, 7) is -0.680. The lowest BCUT2D eigenvalue weighted by Crippen LogP contribution is -2.60. The summed E-state index contributed by atoms with van der Waals surface area (Å²) in [5.74, 6) is -2.68. The third-order valence-electron chi connectivity index (χ3n) is 5.53. The molecule has 1 fully saturated rings. The van der Waals surface area contributed by atoms with Gasteiger partial charge < -0.3 is 55.1 Å². The van der Waals surface area contributed by atoms with Gasteiger partial charge in [0, 0.05) is 12.1 Å². The van der Waals surface area contributed by atoms with Crippen LogP contribution < -0.4 is 9.47 Å². The van der Waals surface area contributed by atoms with Crippen molar-refractivity contribution in [3.05, 3.63) is 41.5 Å². The number of aliphatic hydroxyl groups excluding tert-OH is 5. The number of carbonyl (C=O) groups excluding carboxylic acids is 1. The van der Waals surface area contributed by atoms with Crippen LogP contribution in [0.3, 0.4) is 0 Å². The Kier molecular flexibility index (Phi) is 6.05. The molecule has 2 aromatic carbocycles. The normalized spacial score (nSPS) is 31.5. The molecule has 0 aromatic heterocycles. The largest absolute Gasteiger partial charge is 0.508 e. The molecule has 0 radical (unpaired) electrons. The van der Waals surface area contributed by atoms with Crippen LogP contribution >= 0.6 is 0 Å². The molecule has 2 aliphatic rings. The van der Waals surface area contributed by atoms with Gasteiger partial charge in [0.2, 0.25) is 12.1 Å². The predicted octanol–water partition coefficient (Wildman–Crippen LogP) is -1.34. The zero-order chi connectivity index (χ0) is 24.0. The summed E-state index contributed by atoms with van der Waals surface area (Å²) in [6, 6.07) is 5.69. The lowest BCUT2D eigenvalue weighted by atomic mass is 9.92. The fourth-order valence-electron chi connectivity index (χ4n) is 3.76. The first kappa shape index (κ1) is 23.0. The molecule has 2 aliphatic heterocycles. The number of hydrogen-bond donors (Lipinski definition) is 8. The van der Waals surface area contributed by atoms with Crippen LogP contribution in [0.5, 0.6) is 28.7 Å². The Hall–Kier alpha value is -3.13. The van der Waals surface area contributed by atoms with E-state index in [-0.39, 0.29) is 28.4 Å². The quantitative estimate of drug-likeness (QED) is 0.263. The summed E-state index contributed by atoms with van der Waals surface area (Å²) in [5.41, 5.74) is -0.158. The van der Waals surface area contributed by atoms with Gasteiger partial charge in [-0.2, -0.15) is 0 Å². The Labute approximate surface area is 186 Å². The van der Waals surface area contributed by atoms with E-state index in [2.05, 4.69) is 0 Å². The highest BCUT2D eigenvalue weighted by Crippen LogP contribution is 2.43. The van der Waals surface area contributed by atoms with Crippen molar-refractivity contribution < 1.29 is 59.9 Å². The van der Waals surface area contributed by atoms with Crippen LogP contribution in [0, 0.1) is 0 Å². The van der Waals surface area contributed by atoms with Crippen LogP contribution in [0.2, 0.25) is 0 Å². The van der Waals surface area contributed by atoms with Gasteiger partial charge in [-0.3, -0.25) is 4.79 Å². The number of Topliss-reactive ketones (excluding diaryl/α,β-unsaturated/α-hetero) is 1. The number of phenols is 3. The average Bonchev–Trinajstić information content (AvgIpc) is 2.77. The standard InChI is InChI=1S/C21H22O12/c22-6-13-15(26)17(28)19(30)21(33-13)32-11-3-7(1-2-9(11)24)20-18(29)16(27)14-10(25)4-8(23)5-12(14)31-20/h1-5,13,15,17-26,28-30H,6H2/t13?,15?,17?,18-,19?,20+,21?/m0/s1. The van der Waals surface area contributed by atoms with E-state index in [4.69, 9.17) is 14.2 Å². The Balaban J connectivity index is 1.63. The second kappa shape index (κ2) is 8.67. The maximum atomic E-state index is 12.6. The van der Waals surface area contributed by atoms with Crippen LogP contribution in [-0.4, -0.2) is 90.1 Å². The average molecular weight is 466 g/mol. The second-order valence-corrected chi connectivity index (χ2v) is 7.73. The maximum absolute atomic E-state index is 12.6. The first-order valence-electron chi connectivity index (χ1n) is 9.87. The molecule has 33 heavy (non-hydrogen) atoms. The molecule has 12 nitrogen and oxygen atoms in total. The van der Waals surface area contributed by atoms with E-state index >= 15 is 0 Å². The van der Waals surface area contributed by atoms with Gasteiger partial charge in [-0.05, 0) is 17.7 Å². The minimum atomic E-state index is -1.75. The van der Waals surface area contributed by atoms with Crippen molar-refractivity contribution in [2.24, 2.45) is 0 Å². The van der Waals surface area contributed by atoms with E-state index in [0.717, 1.165) is 18.2 Å². The summed E-state index contributed by atoms with van der Waals surface area (Å²) in [6.07, 6.45) is -10.9. The molecule has 0 aliphatic carbocycles. The van der Waals surface area contributed by atoms with Crippen molar-refractivity contribution >= 4 is 5.78 Å². The number of hydrogen-bond acceptors (Lipinski definition) is 12. The van der Waals surface area contributed by atoms with E-state index in [0.29, 0.717) is 0 Å². The Morgan fingerprint density at radius 2 is 1.64 bits per heavy atom. The minimum Gasteiger partial charge on any atom is -0.508 e. The summed E-state index contributed by atoms with van der Waals surface area (Å²) < 4.78 is 16.3. The monoisotopic (exact) mass is 466 g/mol. The Morgan fingerprint density at radius 3 is 2.33 bits per heavy atom. The van der Waals surface area contributed by atoms with Crippen molar-refractivity contribution in [3.8, 4) is 28.7 Å². The highest BCUT2D eigenvalue weighted by atomic mass is 16.7. The molecule has 4 rings (SSSR count). The topological polar surface area (TPSA) is 207 Å². The van der Waals surface area contributed by atoms with E-state index in [1.54, 1.807) is 0 Å². The van der Waals surface area contributed by atoms with E-state index in [1.807, 2.05) is 0 Å². The Morgan fingerprint density at radius 1 is 0.909 bits per heavy atom. The molecule has 2 aromatic rings. The molecule has 0 amide bonds. The zero-order valence-electron chi connectivity index (χ0n) is 16.8. The number of aromatic hydroxyl groups is 3. The van der Waals surface area contributed by atoms with Crippen LogP contribution in [-0.2, 0) is 4.74 Å². The predicted molar refractivity (Wildman–Crippen MR) is 106 cm³/mol. The molecule has 178 valence electrons. The molecule has 2 heterocycles. The van der Waals surface area contributed by atoms with Gasteiger partial charge in [-0.15, -0.1) is 0 Å². The molecular formula is C21H22O12. The number of rotatable bonds is 4. The fraction of sp³-hybridized carbons (Fsp3) is 0.381. The van der Waals surface area contributed by atoms with Crippen molar-refractivity contribution in [2.45, 2.75) is 42.9 Å². The molecule has 0 bridgehead atoms. The summed E-state index contributed by atoms with van der Waals surface area (Å²) in [5, 5.41) is 79.5. The zero-order valence-corrected chi connectivity index (χ0v) is 16.8. The smallest absolute Gasteiger partial charge is 0.229 e. The number of ketones is 1. The van der Waals surface area contributed by atoms with Gasteiger partial charge in [0.05, 0.1) is 6.61 Å². The molecule has 0 spiro atoms. The number of benzene rings is 2. The van der Waals surface area contributed by atoms with E-state index in [1.165, 1.54) is 12.1 Å². The van der Waals surface area contributed by atoms with E-state index < -0.39 is 66.8 Å². The fourth-order valence-corrected chi connectivity index (χ4v) is 3.76. The molecule has 5 unspecified atom stereocenters. The third kappa shape index (κ3) is 4.04. The van der Waals surface area contributed by atoms with Gasteiger partial charge >= 0.3 is 0 Å². The van der Waals surface area contributed by atoms with Crippen LogP contribution in [0.1, 0.15) is 22.0 Å². The van der Waals surface area contributed by atoms with Gasteiger partial charge in [-0.25, -0.2) is 0 Å². The van der Waals surface area contributed by atoms with Crippen molar-refractivity contribution in [2.75, 3.05) is 6.61 Å². The first-order chi connectivity index (χ1) is 15.6. The third-order valence-corrected chi connectivity index (χ3v) is 5.53. The summed E-state index contributed by atoms with van der Waals surface area (Å²) >= 11 is 0. The highest BCUT2D eigenvalue weighted by molar-refractivity contribution is 6.05. The van der Waals surface area contributed by atoms with Crippen molar-refractivity contribution in [1.82, 2.24) is 0 Å². The first-order valence-corrected chi connectivity index (χ1v) is 9.87. The second-order valence-electron chi connectivity index (χ2n) is 7.73. The SMILES string of the molecule is O=C1c2c(O)cc(O)cc2O[C@H](c2ccc(O)c(OC3OC(CO)C(O)C(O)C3O)c2)[C@H]1O. The Bertz CT molecular complexity index is 1050. The number of aliphatic hydroxyl groups is 5. The number of ether oxygens (including phenoxy) is 3. The molecule has 8 N–H and O–H groups in total. The van der Waals surface area contributed by atoms with Gasteiger partial charge in [0.25, 0.3) is 0 Å². The molecular weight excluding hydrogens is 444 g/mol. The molecule has 0 saturated carbocycles. The number of fused-ring (bicyclic) bond motifs is 1. The summed E-state index contributed by atoms with van der Waals surface area (Å²) in [4.78, 5) is 12.6. The summed E-state index contributed by atoms with van der Waals surface area (Å²) in [7, 11) is 0. The van der Waals surface area contributed by atoms with Gasteiger partial charge in [0.15, 0.2) is 23.7 Å². The molecule has 7 atom stereocenters. The van der Waals surface area contributed by atoms with Crippen molar-refractivity contribution in [1.29, 1.82) is 0 Å². The van der Waals surface area contributed by atoms with Crippen molar-refractivity contribution in [3.63, 3.8) is 0 Å².